The molecule has 0 aliphatic carbocycles. The van der Waals surface area contributed by atoms with Gasteiger partial charge >= 0.3 is 6.09 Å². The summed E-state index contributed by atoms with van der Waals surface area (Å²) in [7, 11) is 0. The van der Waals surface area contributed by atoms with E-state index in [9.17, 15) is 9.59 Å². The summed E-state index contributed by atoms with van der Waals surface area (Å²) in [6.45, 7) is 8.64. The molecule has 0 radical (unpaired) electrons. The average Bonchev–Trinajstić information content (AvgIpc) is 3.08. The summed E-state index contributed by atoms with van der Waals surface area (Å²) in [5, 5.41) is 9.56. The summed E-state index contributed by atoms with van der Waals surface area (Å²) in [5.74, 6) is 0.463. The zero-order chi connectivity index (χ0) is 22.3. The van der Waals surface area contributed by atoms with Gasteiger partial charge in [0.1, 0.15) is 5.60 Å². The number of thioether (sulfide) groups is 1. The maximum absolute atomic E-state index is 12.9. The molecule has 0 unspecified atom stereocenters. The summed E-state index contributed by atoms with van der Waals surface area (Å²) in [5.41, 5.74) is 1.68. The van der Waals surface area contributed by atoms with Crippen LogP contribution in [0.4, 0.5) is 16.3 Å². The van der Waals surface area contributed by atoms with Gasteiger partial charge in [-0.3, -0.25) is 9.69 Å². The minimum atomic E-state index is -0.612. The SMILES string of the molecule is Cc1cc(S[C@@H]2C[C@@H]3CN(C(=O)OC(C)(C)C)c4nnc(Cl)cc4N3C2)ncc1C=O. The first-order valence-electron chi connectivity index (χ1n) is 10.0. The van der Waals surface area contributed by atoms with Gasteiger partial charge in [-0.2, -0.15) is 0 Å². The number of aryl methyl sites for hydroxylation is 1. The summed E-state index contributed by atoms with van der Waals surface area (Å²) < 4.78 is 5.59. The number of fused-ring (bicyclic) bond motifs is 3. The van der Waals surface area contributed by atoms with E-state index >= 15 is 0 Å². The van der Waals surface area contributed by atoms with Crippen molar-refractivity contribution >= 4 is 47.2 Å². The van der Waals surface area contributed by atoms with E-state index in [1.54, 1.807) is 28.9 Å². The third-order valence-corrected chi connectivity index (χ3v) is 6.54. The van der Waals surface area contributed by atoms with Crippen molar-refractivity contribution < 1.29 is 14.3 Å². The summed E-state index contributed by atoms with van der Waals surface area (Å²) in [6, 6.07) is 3.80. The molecule has 31 heavy (non-hydrogen) atoms. The number of aromatic nitrogens is 3. The highest BCUT2D eigenvalue weighted by atomic mass is 35.5. The number of ether oxygens (including phenoxy) is 1. The van der Waals surface area contributed by atoms with Crippen molar-refractivity contribution in [2.45, 2.75) is 56.0 Å². The van der Waals surface area contributed by atoms with E-state index in [-0.39, 0.29) is 16.4 Å². The van der Waals surface area contributed by atoms with Crippen molar-refractivity contribution in [3.63, 3.8) is 0 Å². The standard InChI is InChI=1S/C21H24ClN5O3S/c1-12-5-18(23-8-13(12)11-28)31-15-6-14-9-27(20(29)30-21(2,3)4)19-16(26(14)10-15)7-17(22)24-25-19/h5,7-8,11,14-15H,6,9-10H2,1-4H3/t14-,15-/m1/s1. The summed E-state index contributed by atoms with van der Waals surface area (Å²) in [6.07, 6.45) is 2.85. The summed E-state index contributed by atoms with van der Waals surface area (Å²) >= 11 is 7.81. The van der Waals surface area contributed by atoms with Crippen LogP contribution in [0.15, 0.2) is 23.4 Å². The molecular weight excluding hydrogens is 438 g/mol. The average molecular weight is 462 g/mol. The van der Waals surface area contributed by atoms with E-state index in [1.165, 1.54) is 0 Å². The predicted octanol–water partition coefficient (Wildman–Crippen LogP) is 4.14. The lowest BCUT2D eigenvalue weighted by Gasteiger charge is -2.39. The van der Waals surface area contributed by atoms with E-state index in [0.717, 1.165) is 35.5 Å². The van der Waals surface area contributed by atoms with Crippen LogP contribution < -0.4 is 9.80 Å². The van der Waals surface area contributed by atoms with Crippen molar-refractivity contribution in [3.8, 4) is 0 Å². The van der Waals surface area contributed by atoms with Crippen LogP contribution in [0.3, 0.4) is 0 Å². The first-order chi connectivity index (χ1) is 14.6. The minimum Gasteiger partial charge on any atom is -0.443 e. The Morgan fingerprint density at radius 1 is 1.29 bits per heavy atom. The third-order valence-electron chi connectivity index (χ3n) is 5.21. The van der Waals surface area contributed by atoms with Crippen LogP contribution in [0.5, 0.6) is 0 Å². The Labute approximate surface area is 190 Å². The van der Waals surface area contributed by atoms with Crippen LogP contribution >= 0.6 is 23.4 Å². The van der Waals surface area contributed by atoms with Crippen molar-refractivity contribution in [3.05, 3.63) is 34.6 Å². The highest BCUT2D eigenvalue weighted by Gasteiger charge is 2.43. The fourth-order valence-corrected chi connectivity index (χ4v) is 5.25. The Morgan fingerprint density at radius 2 is 2.06 bits per heavy atom. The molecule has 0 N–H and O–H groups in total. The Balaban J connectivity index is 1.57. The number of carbonyl (C=O) groups is 2. The number of nitrogens with zero attached hydrogens (tertiary/aromatic N) is 5. The fourth-order valence-electron chi connectivity index (χ4n) is 3.86. The molecule has 8 nitrogen and oxygen atoms in total. The van der Waals surface area contributed by atoms with Crippen molar-refractivity contribution in [2.75, 3.05) is 22.9 Å². The molecule has 2 aromatic rings. The first kappa shape index (κ1) is 21.8. The van der Waals surface area contributed by atoms with Crippen molar-refractivity contribution in [2.24, 2.45) is 0 Å². The van der Waals surface area contributed by atoms with Gasteiger partial charge in [-0.05, 0) is 45.7 Å². The lowest BCUT2D eigenvalue weighted by Crippen LogP contribution is -2.50. The van der Waals surface area contributed by atoms with Crippen LogP contribution in [-0.4, -0.2) is 57.5 Å². The van der Waals surface area contributed by atoms with E-state index in [2.05, 4.69) is 20.1 Å². The third kappa shape index (κ3) is 4.62. The first-order valence-corrected chi connectivity index (χ1v) is 11.3. The summed E-state index contributed by atoms with van der Waals surface area (Å²) in [4.78, 5) is 32.1. The molecule has 4 rings (SSSR count). The van der Waals surface area contributed by atoms with Crippen LogP contribution in [-0.2, 0) is 4.74 Å². The van der Waals surface area contributed by atoms with Gasteiger partial charge in [0, 0.05) is 35.7 Å². The van der Waals surface area contributed by atoms with Crippen molar-refractivity contribution in [1.82, 2.24) is 15.2 Å². The second-order valence-electron chi connectivity index (χ2n) is 8.75. The van der Waals surface area contributed by atoms with Gasteiger partial charge in [-0.1, -0.05) is 11.6 Å². The van der Waals surface area contributed by atoms with Gasteiger partial charge in [0.25, 0.3) is 0 Å². The maximum Gasteiger partial charge on any atom is 0.416 e. The fraction of sp³-hybridized carbons (Fsp3) is 0.476. The maximum atomic E-state index is 12.9. The molecule has 0 saturated carbocycles. The van der Waals surface area contributed by atoms with E-state index in [1.807, 2.05) is 33.8 Å². The molecule has 4 heterocycles. The van der Waals surface area contributed by atoms with Crippen LogP contribution in [0.2, 0.25) is 5.15 Å². The van der Waals surface area contributed by atoms with Gasteiger partial charge in [-0.15, -0.1) is 22.0 Å². The number of pyridine rings is 1. The number of halogens is 1. The van der Waals surface area contributed by atoms with Gasteiger partial charge in [0.15, 0.2) is 17.3 Å². The molecule has 1 saturated heterocycles. The molecule has 2 atom stereocenters. The van der Waals surface area contributed by atoms with Gasteiger partial charge in [0.05, 0.1) is 17.3 Å². The van der Waals surface area contributed by atoms with Gasteiger partial charge in [0.2, 0.25) is 0 Å². The molecule has 0 bridgehead atoms. The zero-order valence-corrected chi connectivity index (χ0v) is 19.4. The molecule has 0 aromatic carbocycles. The lowest BCUT2D eigenvalue weighted by atomic mass is 10.1. The monoisotopic (exact) mass is 461 g/mol. The van der Waals surface area contributed by atoms with E-state index in [0.29, 0.717) is 17.9 Å². The largest absolute Gasteiger partial charge is 0.443 e. The van der Waals surface area contributed by atoms with Crippen LogP contribution in [0.1, 0.15) is 43.1 Å². The molecule has 1 fully saturated rings. The number of anilines is 2. The Hall–Kier alpha value is -2.39. The number of rotatable bonds is 3. The van der Waals surface area contributed by atoms with Gasteiger partial charge in [-0.25, -0.2) is 9.78 Å². The molecule has 2 aromatic heterocycles. The Kier molecular flexibility index (Phi) is 5.83. The van der Waals surface area contributed by atoms with Crippen LogP contribution in [0, 0.1) is 6.92 Å². The number of aldehydes is 1. The topological polar surface area (TPSA) is 88.5 Å². The lowest BCUT2D eigenvalue weighted by molar-refractivity contribution is 0.0575. The number of carbonyl (C=O) groups excluding carboxylic acids is 2. The minimum absolute atomic E-state index is 0.105. The Bertz CT molecular complexity index is 1030. The van der Waals surface area contributed by atoms with E-state index in [4.69, 9.17) is 16.3 Å². The second-order valence-corrected chi connectivity index (χ2v) is 10.5. The molecule has 1 amide bonds. The van der Waals surface area contributed by atoms with Crippen LogP contribution in [0.25, 0.3) is 0 Å². The molecule has 164 valence electrons. The zero-order valence-electron chi connectivity index (χ0n) is 17.8. The molecule has 0 spiro atoms. The Morgan fingerprint density at radius 3 is 2.74 bits per heavy atom. The normalized spacial score (nSPS) is 20.3. The molecule has 2 aliphatic rings. The quantitative estimate of drug-likeness (QED) is 0.630. The number of hydrogen-bond donors (Lipinski definition) is 0. The smallest absolute Gasteiger partial charge is 0.416 e. The van der Waals surface area contributed by atoms with Crippen molar-refractivity contribution in [1.29, 1.82) is 0 Å². The molecule has 10 heteroatoms. The highest BCUT2D eigenvalue weighted by Crippen LogP contribution is 2.42. The number of amides is 1. The highest BCUT2D eigenvalue weighted by molar-refractivity contribution is 7.99. The number of hydrogen-bond acceptors (Lipinski definition) is 8. The predicted molar refractivity (Wildman–Crippen MR) is 120 cm³/mol. The molecule has 2 aliphatic heterocycles. The second kappa shape index (κ2) is 8.27. The molecular formula is C21H24ClN5O3S. The van der Waals surface area contributed by atoms with E-state index < -0.39 is 11.7 Å². The van der Waals surface area contributed by atoms with Gasteiger partial charge < -0.3 is 9.64 Å².